The Kier molecular flexibility index (Phi) is 6.98. The SMILES string of the molecule is CNC(C(=O)NCC1CCCCO1)c1cnn(C)c1.Cl. The highest BCUT2D eigenvalue weighted by Crippen LogP contribution is 2.13. The molecule has 20 heavy (non-hydrogen) atoms. The van der Waals surface area contributed by atoms with Gasteiger partial charge in [-0.1, -0.05) is 0 Å². The number of carbonyl (C=O) groups excluding carboxylic acids is 1. The van der Waals surface area contributed by atoms with Crippen LogP contribution in [0.15, 0.2) is 12.4 Å². The summed E-state index contributed by atoms with van der Waals surface area (Å²) < 4.78 is 7.29. The molecule has 1 amide bonds. The van der Waals surface area contributed by atoms with Gasteiger partial charge in [0.25, 0.3) is 0 Å². The lowest BCUT2D eigenvalue weighted by molar-refractivity contribution is -0.124. The Hall–Kier alpha value is -1.11. The molecule has 6 nitrogen and oxygen atoms in total. The molecule has 0 aliphatic carbocycles. The van der Waals surface area contributed by atoms with E-state index in [1.54, 1.807) is 17.9 Å². The first-order valence-corrected chi connectivity index (χ1v) is 6.76. The lowest BCUT2D eigenvalue weighted by Gasteiger charge is -2.23. The number of aromatic nitrogens is 2. The number of aryl methyl sites for hydroxylation is 1. The van der Waals surface area contributed by atoms with E-state index < -0.39 is 0 Å². The van der Waals surface area contributed by atoms with Crippen molar-refractivity contribution in [2.24, 2.45) is 7.05 Å². The Balaban J connectivity index is 0.00000200. The van der Waals surface area contributed by atoms with Crippen molar-refractivity contribution >= 4 is 18.3 Å². The molecular weight excluding hydrogens is 280 g/mol. The number of nitrogens with zero attached hydrogens (tertiary/aromatic N) is 2. The number of amides is 1. The monoisotopic (exact) mass is 302 g/mol. The van der Waals surface area contributed by atoms with Crippen LogP contribution >= 0.6 is 12.4 Å². The second kappa shape index (κ2) is 8.24. The highest BCUT2D eigenvalue weighted by atomic mass is 35.5. The molecule has 2 N–H and O–H groups in total. The summed E-state index contributed by atoms with van der Waals surface area (Å²) >= 11 is 0. The molecule has 0 bridgehead atoms. The zero-order valence-corrected chi connectivity index (χ0v) is 12.8. The van der Waals surface area contributed by atoms with E-state index in [0.717, 1.165) is 25.0 Å². The van der Waals surface area contributed by atoms with Gasteiger partial charge in [-0.3, -0.25) is 9.48 Å². The van der Waals surface area contributed by atoms with Crippen LogP contribution in [0.1, 0.15) is 30.9 Å². The number of hydrogen-bond donors (Lipinski definition) is 2. The van der Waals surface area contributed by atoms with Crippen molar-refractivity contribution in [2.45, 2.75) is 31.4 Å². The van der Waals surface area contributed by atoms with Crippen LogP contribution in [0.5, 0.6) is 0 Å². The minimum absolute atomic E-state index is 0. The standard InChI is InChI=1S/C13H22N4O2.ClH/c1-14-12(10-7-16-17(2)9-10)13(18)15-8-11-5-3-4-6-19-11;/h7,9,11-12,14H,3-6,8H2,1-2H3,(H,15,18);1H. The second-order valence-electron chi connectivity index (χ2n) is 4.90. The molecule has 1 fully saturated rings. The Bertz CT molecular complexity index is 418. The molecule has 2 atom stereocenters. The Morgan fingerprint density at radius 1 is 1.60 bits per heavy atom. The lowest BCUT2D eigenvalue weighted by atomic mass is 10.1. The van der Waals surface area contributed by atoms with E-state index in [2.05, 4.69) is 15.7 Å². The molecule has 0 saturated carbocycles. The number of carbonyl (C=O) groups is 1. The van der Waals surface area contributed by atoms with Gasteiger partial charge in [0.15, 0.2) is 0 Å². The van der Waals surface area contributed by atoms with Crippen LogP contribution < -0.4 is 10.6 Å². The average molecular weight is 303 g/mol. The van der Waals surface area contributed by atoms with E-state index in [9.17, 15) is 4.79 Å². The highest BCUT2D eigenvalue weighted by Gasteiger charge is 2.21. The number of halogens is 1. The van der Waals surface area contributed by atoms with E-state index in [-0.39, 0.29) is 30.5 Å². The summed E-state index contributed by atoms with van der Waals surface area (Å²) in [6.07, 6.45) is 7.04. The van der Waals surface area contributed by atoms with Crippen molar-refractivity contribution in [1.82, 2.24) is 20.4 Å². The molecule has 1 aliphatic rings. The summed E-state index contributed by atoms with van der Waals surface area (Å²) in [5.41, 5.74) is 0.868. The van der Waals surface area contributed by atoms with Gasteiger partial charge in [-0.25, -0.2) is 0 Å². The van der Waals surface area contributed by atoms with Gasteiger partial charge in [-0.05, 0) is 26.3 Å². The first-order chi connectivity index (χ1) is 9.20. The number of ether oxygens (including phenoxy) is 1. The lowest BCUT2D eigenvalue weighted by Crippen LogP contribution is -2.41. The van der Waals surface area contributed by atoms with Gasteiger partial charge >= 0.3 is 0 Å². The number of likely N-dealkylation sites (N-methyl/N-ethyl adjacent to an activating group) is 1. The summed E-state index contributed by atoms with van der Waals surface area (Å²) in [5.74, 6) is -0.0373. The van der Waals surface area contributed by atoms with E-state index >= 15 is 0 Å². The number of nitrogens with one attached hydrogen (secondary N) is 2. The van der Waals surface area contributed by atoms with Gasteiger partial charge in [0, 0.05) is 32.0 Å². The molecule has 0 aromatic carbocycles. The third-order valence-electron chi connectivity index (χ3n) is 3.39. The summed E-state index contributed by atoms with van der Waals surface area (Å²) in [7, 11) is 3.61. The van der Waals surface area contributed by atoms with Gasteiger partial charge in [0.2, 0.25) is 5.91 Å². The summed E-state index contributed by atoms with van der Waals surface area (Å²) in [4.78, 5) is 12.2. The second-order valence-corrected chi connectivity index (χ2v) is 4.90. The van der Waals surface area contributed by atoms with Crippen LogP contribution in [-0.4, -0.2) is 42.0 Å². The van der Waals surface area contributed by atoms with Crippen molar-refractivity contribution < 1.29 is 9.53 Å². The molecule has 114 valence electrons. The highest BCUT2D eigenvalue weighted by molar-refractivity contribution is 5.85. The van der Waals surface area contributed by atoms with Gasteiger partial charge in [-0.15, -0.1) is 12.4 Å². The fourth-order valence-electron chi connectivity index (χ4n) is 2.32. The molecule has 2 rings (SSSR count). The quantitative estimate of drug-likeness (QED) is 0.844. The van der Waals surface area contributed by atoms with Crippen LogP contribution in [0, 0.1) is 0 Å². The zero-order chi connectivity index (χ0) is 13.7. The number of hydrogen-bond acceptors (Lipinski definition) is 4. The topological polar surface area (TPSA) is 68.2 Å². The molecule has 1 saturated heterocycles. The first-order valence-electron chi connectivity index (χ1n) is 6.76. The summed E-state index contributed by atoms with van der Waals surface area (Å²) in [6.45, 7) is 1.38. The summed E-state index contributed by atoms with van der Waals surface area (Å²) in [6, 6.07) is -0.364. The van der Waals surface area contributed by atoms with Crippen molar-refractivity contribution in [3.63, 3.8) is 0 Å². The van der Waals surface area contributed by atoms with E-state index in [1.165, 1.54) is 6.42 Å². The minimum Gasteiger partial charge on any atom is -0.376 e. The molecule has 1 aliphatic heterocycles. The molecule has 0 spiro atoms. The molecule has 0 radical (unpaired) electrons. The molecular formula is C13H23ClN4O2. The van der Waals surface area contributed by atoms with Crippen molar-refractivity contribution in [3.05, 3.63) is 18.0 Å². The largest absolute Gasteiger partial charge is 0.376 e. The Morgan fingerprint density at radius 2 is 2.40 bits per heavy atom. The predicted octanol–water partition coefficient (Wildman–Crippen LogP) is 0.788. The van der Waals surface area contributed by atoms with Gasteiger partial charge in [0.1, 0.15) is 6.04 Å². The maximum Gasteiger partial charge on any atom is 0.241 e. The van der Waals surface area contributed by atoms with Crippen LogP contribution in [0.25, 0.3) is 0 Å². The zero-order valence-electron chi connectivity index (χ0n) is 12.0. The smallest absolute Gasteiger partial charge is 0.241 e. The third-order valence-corrected chi connectivity index (χ3v) is 3.39. The minimum atomic E-state index is -0.364. The van der Waals surface area contributed by atoms with Crippen molar-refractivity contribution in [2.75, 3.05) is 20.2 Å². The molecule has 1 aromatic heterocycles. The predicted molar refractivity (Wildman–Crippen MR) is 78.9 cm³/mol. The molecule has 7 heteroatoms. The first kappa shape index (κ1) is 16.9. The van der Waals surface area contributed by atoms with Crippen LogP contribution in [0.4, 0.5) is 0 Å². The van der Waals surface area contributed by atoms with Gasteiger partial charge < -0.3 is 15.4 Å². The van der Waals surface area contributed by atoms with Crippen LogP contribution in [0.3, 0.4) is 0 Å². The molecule has 2 unspecified atom stereocenters. The van der Waals surface area contributed by atoms with Crippen LogP contribution in [0.2, 0.25) is 0 Å². The van der Waals surface area contributed by atoms with Crippen LogP contribution in [-0.2, 0) is 16.6 Å². The Labute approximate surface area is 125 Å². The van der Waals surface area contributed by atoms with E-state index in [1.807, 2.05) is 13.2 Å². The average Bonchev–Trinajstić information content (AvgIpc) is 2.85. The maximum absolute atomic E-state index is 12.2. The fraction of sp³-hybridized carbons (Fsp3) is 0.692. The molecule has 1 aromatic rings. The maximum atomic E-state index is 12.2. The van der Waals surface area contributed by atoms with E-state index in [0.29, 0.717) is 6.54 Å². The van der Waals surface area contributed by atoms with Gasteiger partial charge in [0.05, 0.1) is 12.3 Å². The summed E-state index contributed by atoms with van der Waals surface area (Å²) in [5, 5.41) is 10.1. The third kappa shape index (κ3) is 4.47. The van der Waals surface area contributed by atoms with Crippen molar-refractivity contribution in [3.8, 4) is 0 Å². The fourth-order valence-corrected chi connectivity index (χ4v) is 2.32. The van der Waals surface area contributed by atoms with E-state index in [4.69, 9.17) is 4.74 Å². The Morgan fingerprint density at radius 3 is 2.95 bits per heavy atom. The van der Waals surface area contributed by atoms with Crippen molar-refractivity contribution in [1.29, 1.82) is 0 Å². The number of rotatable bonds is 5. The van der Waals surface area contributed by atoms with Gasteiger partial charge in [-0.2, -0.15) is 5.10 Å². The molecule has 2 heterocycles. The normalized spacial score (nSPS) is 20.0.